The van der Waals surface area contributed by atoms with Gasteiger partial charge in [-0.05, 0) is 42.5 Å². The van der Waals surface area contributed by atoms with Crippen LogP contribution in [0.4, 0.5) is 0 Å². The quantitative estimate of drug-likeness (QED) is 0.570. The molecular weight excluding hydrogens is 434 g/mol. The van der Waals surface area contributed by atoms with Crippen LogP contribution in [0.2, 0.25) is 0 Å². The second-order valence-electron chi connectivity index (χ2n) is 4.62. The molecule has 0 atom stereocenters. The zero-order valence-corrected chi connectivity index (χ0v) is 15.0. The smallest absolute Gasteiger partial charge is 0.268 e. The number of aldehydes is 1. The summed E-state index contributed by atoms with van der Waals surface area (Å²) in [5, 5.41) is 0.588. The van der Waals surface area contributed by atoms with Crippen molar-refractivity contribution in [3.05, 3.63) is 63.2 Å². The molecule has 0 N–H and O–H groups in total. The fourth-order valence-electron chi connectivity index (χ4n) is 2.21. The molecule has 0 aliphatic heterocycles. The van der Waals surface area contributed by atoms with Crippen LogP contribution in [0.5, 0.6) is 0 Å². The molecule has 2 aromatic carbocycles. The van der Waals surface area contributed by atoms with Gasteiger partial charge in [0.15, 0.2) is 6.29 Å². The number of hydrogen-bond acceptors (Lipinski definition) is 3. The normalized spacial score (nSPS) is 11.7. The van der Waals surface area contributed by atoms with Crippen LogP contribution in [0.15, 0.2) is 62.5 Å². The van der Waals surface area contributed by atoms with E-state index in [2.05, 4.69) is 31.9 Å². The van der Waals surface area contributed by atoms with Crippen LogP contribution in [0.3, 0.4) is 0 Å². The SMILES string of the molecule is O=Cc1cn(S(=O)(=O)c2ccc(Br)cc2)c2ccc(Br)cc12. The maximum atomic E-state index is 12.8. The first-order valence-corrected chi connectivity index (χ1v) is 9.23. The van der Waals surface area contributed by atoms with Gasteiger partial charge in [-0.2, -0.15) is 0 Å². The van der Waals surface area contributed by atoms with Crippen LogP contribution in [-0.4, -0.2) is 18.7 Å². The van der Waals surface area contributed by atoms with E-state index in [1.807, 2.05) is 0 Å². The second kappa shape index (κ2) is 5.64. The molecule has 4 nitrogen and oxygen atoms in total. The molecule has 0 fully saturated rings. The third-order valence-corrected chi connectivity index (χ3v) is 5.97. The van der Waals surface area contributed by atoms with Crippen molar-refractivity contribution in [2.24, 2.45) is 0 Å². The summed E-state index contributed by atoms with van der Waals surface area (Å²) < 4.78 is 28.3. The maximum Gasteiger partial charge on any atom is 0.268 e. The second-order valence-corrected chi connectivity index (χ2v) is 8.26. The van der Waals surface area contributed by atoms with Crippen molar-refractivity contribution in [1.29, 1.82) is 0 Å². The van der Waals surface area contributed by atoms with Crippen LogP contribution >= 0.6 is 31.9 Å². The van der Waals surface area contributed by atoms with Gasteiger partial charge in [0.05, 0.1) is 10.4 Å². The molecule has 1 aromatic heterocycles. The van der Waals surface area contributed by atoms with Crippen molar-refractivity contribution < 1.29 is 13.2 Å². The van der Waals surface area contributed by atoms with E-state index in [4.69, 9.17) is 0 Å². The van der Waals surface area contributed by atoms with Crippen molar-refractivity contribution in [1.82, 2.24) is 3.97 Å². The largest absolute Gasteiger partial charge is 0.298 e. The summed E-state index contributed by atoms with van der Waals surface area (Å²) in [5.41, 5.74) is 0.796. The molecule has 0 aliphatic carbocycles. The summed E-state index contributed by atoms with van der Waals surface area (Å²) in [7, 11) is -3.76. The Morgan fingerprint density at radius 1 is 0.955 bits per heavy atom. The van der Waals surface area contributed by atoms with Crippen molar-refractivity contribution in [3.63, 3.8) is 0 Å². The lowest BCUT2D eigenvalue weighted by Gasteiger charge is -2.07. The lowest BCUT2D eigenvalue weighted by Crippen LogP contribution is -2.11. The van der Waals surface area contributed by atoms with Crippen molar-refractivity contribution in [3.8, 4) is 0 Å². The lowest BCUT2D eigenvalue weighted by molar-refractivity contribution is 0.112. The van der Waals surface area contributed by atoms with E-state index >= 15 is 0 Å². The number of fused-ring (bicyclic) bond motifs is 1. The Bertz CT molecular complexity index is 976. The lowest BCUT2D eigenvalue weighted by atomic mass is 10.2. The van der Waals surface area contributed by atoms with Crippen molar-refractivity contribution >= 4 is 59.1 Å². The third-order valence-electron chi connectivity index (χ3n) is 3.26. The van der Waals surface area contributed by atoms with Gasteiger partial charge < -0.3 is 0 Å². The van der Waals surface area contributed by atoms with Gasteiger partial charge in [-0.25, -0.2) is 12.4 Å². The fourth-order valence-corrected chi connectivity index (χ4v) is 4.21. The van der Waals surface area contributed by atoms with Crippen molar-refractivity contribution in [2.75, 3.05) is 0 Å². The van der Waals surface area contributed by atoms with E-state index in [0.717, 1.165) is 12.9 Å². The predicted octanol–water partition coefficient (Wildman–Crippen LogP) is 4.22. The Labute approximate surface area is 144 Å². The molecule has 7 heteroatoms. The van der Waals surface area contributed by atoms with E-state index < -0.39 is 10.0 Å². The summed E-state index contributed by atoms with van der Waals surface area (Å²) in [5.74, 6) is 0. The number of aromatic nitrogens is 1. The standard InChI is InChI=1S/C15H9Br2NO3S/c16-11-1-4-13(5-2-11)22(20,21)18-8-10(9-19)14-7-12(17)3-6-15(14)18/h1-9H. The van der Waals surface area contributed by atoms with Gasteiger partial charge in [0.25, 0.3) is 10.0 Å². The van der Waals surface area contributed by atoms with Gasteiger partial charge in [-0.15, -0.1) is 0 Å². The molecule has 112 valence electrons. The molecule has 0 saturated heterocycles. The zero-order valence-electron chi connectivity index (χ0n) is 11.0. The summed E-state index contributed by atoms with van der Waals surface area (Å²) in [6.07, 6.45) is 2.00. The number of halogens is 2. The minimum atomic E-state index is -3.76. The van der Waals surface area contributed by atoms with Crippen LogP contribution in [0.25, 0.3) is 10.9 Å². The average molecular weight is 443 g/mol. The van der Waals surface area contributed by atoms with Crippen molar-refractivity contribution in [2.45, 2.75) is 4.90 Å². The Morgan fingerprint density at radius 3 is 2.23 bits per heavy atom. The summed E-state index contributed by atoms with van der Waals surface area (Å²) >= 11 is 6.61. The monoisotopic (exact) mass is 441 g/mol. The number of carbonyl (C=O) groups excluding carboxylic acids is 1. The van der Waals surface area contributed by atoms with Crippen LogP contribution in [0.1, 0.15) is 10.4 Å². The van der Waals surface area contributed by atoms with Crippen LogP contribution < -0.4 is 0 Å². The van der Waals surface area contributed by atoms with E-state index in [9.17, 15) is 13.2 Å². The van der Waals surface area contributed by atoms with Gasteiger partial charge in [0, 0.05) is 26.1 Å². The topological polar surface area (TPSA) is 56.1 Å². The minimum Gasteiger partial charge on any atom is -0.298 e. The van der Waals surface area contributed by atoms with E-state index in [0.29, 0.717) is 22.8 Å². The molecule has 0 aliphatic rings. The summed E-state index contributed by atoms with van der Waals surface area (Å²) in [6, 6.07) is 11.5. The Balaban J connectivity index is 2.29. The number of rotatable bonds is 3. The first-order chi connectivity index (χ1) is 10.4. The molecule has 0 radical (unpaired) electrons. The minimum absolute atomic E-state index is 0.160. The highest BCUT2D eigenvalue weighted by Crippen LogP contribution is 2.28. The Kier molecular flexibility index (Phi) is 3.96. The van der Waals surface area contributed by atoms with E-state index in [1.54, 1.807) is 30.3 Å². The zero-order chi connectivity index (χ0) is 15.9. The van der Waals surface area contributed by atoms with Crippen LogP contribution in [0, 0.1) is 0 Å². The molecule has 1 heterocycles. The number of nitrogens with zero attached hydrogens (tertiary/aromatic N) is 1. The Hall–Kier alpha value is -1.44. The molecule has 0 unspecified atom stereocenters. The third kappa shape index (κ3) is 2.53. The molecule has 0 amide bonds. The molecule has 3 rings (SSSR count). The summed E-state index contributed by atoms with van der Waals surface area (Å²) in [6.45, 7) is 0. The number of carbonyl (C=O) groups is 1. The highest BCUT2D eigenvalue weighted by atomic mass is 79.9. The molecule has 0 saturated carbocycles. The van der Waals surface area contributed by atoms with E-state index in [1.165, 1.54) is 18.3 Å². The average Bonchev–Trinajstić information content (AvgIpc) is 2.86. The number of hydrogen-bond donors (Lipinski definition) is 0. The molecule has 0 bridgehead atoms. The summed E-state index contributed by atoms with van der Waals surface area (Å²) in [4.78, 5) is 11.4. The molecular formula is C15H9Br2NO3S. The fraction of sp³-hybridized carbons (Fsp3) is 0. The first kappa shape index (κ1) is 15.5. The highest BCUT2D eigenvalue weighted by molar-refractivity contribution is 9.10. The molecule has 0 spiro atoms. The maximum absolute atomic E-state index is 12.8. The first-order valence-electron chi connectivity index (χ1n) is 6.20. The Morgan fingerprint density at radius 2 is 1.59 bits per heavy atom. The van der Waals surface area contributed by atoms with Gasteiger partial charge >= 0.3 is 0 Å². The van der Waals surface area contributed by atoms with E-state index in [-0.39, 0.29) is 4.90 Å². The van der Waals surface area contributed by atoms with Gasteiger partial charge in [0.1, 0.15) is 0 Å². The van der Waals surface area contributed by atoms with Crippen LogP contribution in [-0.2, 0) is 10.0 Å². The molecule has 3 aromatic rings. The predicted molar refractivity (Wildman–Crippen MR) is 91.8 cm³/mol. The number of benzene rings is 2. The van der Waals surface area contributed by atoms with Gasteiger partial charge in [-0.1, -0.05) is 31.9 Å². The highest BCUT2D eigenvalue weighted by Gasteiger charge is 2.21. The molecule has 22 heavy (non-hydrogen) atoms. The van der Waals surface area contributed by atoms with Gasteiger partial charge in [-0.3, -0.25) is 4.79 Å². The van der Waals surface area contributed by atoms with Gasteiger partial charge in [0.2, 0.25) is 0 Å².